The zero-order valence-electron chi connectivity index (χ0n) is 19.0. The molecule has 1 aliphatic rings. The quantitative estimate of drug-likeness (QED) is 0.444. The van der Waals surface area contributed by atoms with E-state index >= 15 is 0 Å². The predicted molar refractivity (Wildman–Crippen MR) is 135 cm³/mol. The number of anilines is 1. The summed E-state index contributed by atoms with van der Waals surface area (Å²) in [6, 6.07) is 23.2. The second-order valence-electron chi connectivity index (χ2n) is 8.49. The summed E-state index contributed by atoms with van der Waals surface area (Å²) in [5.74, 6) is -1.19. The Bertz CT molecular complexity index is 1170. The fraction of sp³-hybridized carbons (Fsp3) is 0.214. The third kappa shape index (κ3) is 5.91. The van der Waals surface area contributed by atoms with Crippen LogP contribution in [0.4, 0.5) is 5.69 Å². The van der Waals surface area contributed by atoms with Crippen molar-refractivity contribution in [1.82, 2.24) is 4.90 Å². The first-order chi connectivity index (χ1) is 16.5. The number of rotatable bonds is 8. The van der Waals surface area contributed by atoms with Crippen molar-refractivity contribution in [2.45, 2.75) is 32.0 Å². The number of hydrogen-bond donors (Lipinski definition) is 3. The summed E-state index contributed by atoms with van der Waals surface area (Å²) < 4.78 is 0. The normalized spacial score (nSPS) is 15.6. The number of benzene rings is 3. The van der Waals surface area contributed by atoms with Gasteiger partial charge < -0.3 is 21.1 Å². The number of amides is 1. The van der Waals surface area contributed by atoms with Crippen molar-refractivity contribution in [2.24, 2.45) is 5.73 Å². The van der Waals surface area contributed by atoms with Crippen molar-refractivity contribution in [3.8, 4) is 0 Å². The highest BCUT2D eigenvalue weighted by Gasteiger charge is 2.30. The summed E-state index contributed by atoms with van der Waals surface area (Å²) in [6.07, 6.45) is 4.47. The number of carbonyl (C=O) groups is 2. The van der Waals surface area contributed by atoms with Crippen molar-refractivity contribution in [2.75, 3.05) is 11.9 Å². The Balaban J connectivity index is 1.55. The van der Waals surface area contributed by atoms with Gasteiger partial charge in [0.2, 0.25) is 5.91 Å². The molecule has 1 heterocycles. The molecule has 4 N–H and O–H groups in total. The number of carboxylic acid groups (broad SMARTS) is 1. The van der Waals surface area contributed by atoms with Crippen molar-refractivity contribution >= 4 is 29.7 Å². The number of carbonyl (C=O) groups excluding carboxylic acids is 1. The van der Waals surface area contributed by atoms with Crippen molar-refractivity contribution < 1.29 is 14.7 Å². The van der Waals surface area contributed by atoms with Crippen LogP contribution in [-0.4, -0.2) is 34.5 Å². The fourth-order valence-electron chi connectivity index (χ4n) is 4.09. The fourth-order valence-corrected chi connectivity index (χ4v) is 4.09. The van der Waals surface area contributed by atoms with Crippen LogP contribution >= 0.6 is 0 Å². The van der Waals surface area contributed by atoms with Crippen LogP contribution in [0.15, 0.2) is 72.8 Å². The number of hydrogen-bond acceptors (Lipinski definition) is 4. The molecular weight excluding hydrogens is 426 g/mol. The highest BCUT2D eigenvalue weighted by atomic mass is 16.4. The number of carboxylic acids is 1. The molecule has 0 aliphatic carbocycles. The van der Waals surface area contributed by atoms with Crippen molar-refractivity contribution in [1.29, 1.82) is 0 Å². The minimum atomic E-state index is -1.01. The van der Waals surface area contributed by atoms with Gasteiger partial charge in [-0.05, 0) is 40.3 Å². The molecule has 0 saturated carbocycles. The zero-order chi connectivity index (χ0) is 23.9. The maximum Gasteiger partial charge on any atom is 0.305 e. The van der Waals surface area contributed by atoms with Crippen LogP contribution < -0.4 is 11.1 Å². The lowest BCUT2D eigenvalue weighted by Gasteiger charge is -2.24. The minimum absolute atomic E-state index is 0.188. The smallest absolute Gasteiger partial charge is 0.305 e. The first kappa shape index (κ1) is 23.3. The molecule has 6 heteroatoms. The van der Waals surface area contributed by atoms with E-state index in [2.05, 4.69) is 5.32 Å². The number of nitrogens with one attached hydrogen (secondary N) is 1. The van der Waals surface area contributed by atoms with Crippen LogP contribution in [-0.2, 0) is 29.1 Å². The average Bonchev–Trinajstić information content (AvgIpc) is 2.98. The molecule has 0 radical (unpaired) electrons. The number of nitrogens with two attached hydrogens (primary N) is 1. The lowest BCUT2D eigenvalue weighted by Crippen LogP contribution is -2.42. The number of fused-ring (bicyclic) bond motifs is 1. The highest BCUT2D eigenvalue weighted by molar-refractivity contribution is 5.90. The average molecular weight is 456 g/mol. The molecule has 0 saturated heterocycles. The van der Waals surface area contributed by atoms with Crippen LogP contribution in [0.3, 0.4) is 0 Å². The van der Waals surface area contributed by atoms with E-state index in [1.54, 1.807) is 4.90 Å². The Morgan fingerprint density at radius 3 is 2.41 bits per heavy atom. The Hall–Kier alpha value is -3.90. The van der Waals surface area contributed by atoms with Gasteiger partial charge in [-0.3, -0.25) is 9.59 Å². The lowest BCUT2D eigenvalue weighted by atomic mass is 10.1. The Morgan fingerprint density at radius 2 is 1.71 bits per heavy atom. The van der Waals surface area contributed by atoms with Gasteiger partial charge in [-0.2, -0.15) is 0 Å². The van der Waals surface area contributed by atoms with Gasteiger partial charge in [0.1, 0.15) is 6.04 Å². The topological polar surface area (TPSA) is 95.7 Å². The van der Waals surface area contributed by atoms with Crippen LogP contribution in [0, 0.1) is 0 Å². The van der Waals surface area contributed by atoms with E-state index in [0.29, 0.717) is 26.1 Å². The second-order valence-corrected chi connectivity index (χ2v) is 8.49. The molecule has 0 bridgehead atoms. The standard InChI is InChI=1S/C28H29N3O3/c29-18-23-10-7-21(8-11-23)6-9-22-12-13-24-19-31(15-14-20-4-2-1-3-5-20)28(34)26(17-27(32)33)30-25(24)16-22/h1-13,16,26,30H,14-15,17-19,29H2,(H,32,33)/b9-6-. The molecule has 4 rings (SSSR count). The summed E-state index contributed by atoms with van der Waals surface area (Å²) in [6.45, 7) is 1.48. The third-order valence-corrected chi connectivity index (χ3v) is 6.01. The molecule has 34 heavy (non-hydrogen) atoms. The minimum Gasteiger partial charge on any atom is -0.481 e. The van der Waals surface area contributed by atoms with E-state index in [1.807, 2.05) is 84.9 Å². The molecule has 0 fully saturated rings. The van der Waals surface area contributed by atoms with E-state index in [1.165, 1.54) is 0 Å². The van der Waals surface area contributed by atoms with Gasteiger partial charge in [-0.1, -0.05) is 78.9 Å². The zero-order valence-corrected chi connectivity index (χ0v) is 19.0. The molecule has 0 spiro atoms. The maximum atomic E-state index is 13.2. The summed E-state index contributed by atoms with van der Waals surface area (Å²) in [7, 11) is 0. The molecular formula is C28H29N3O3. The van der Waals surface area contributed by atoms with Crippen molar-refractivity contribution in [3.63, 3.8) is 0 Å². The molecule has 1 amide bonds. The van der Waals surface area contributed by atoms with Crippen LogP contribution in [0.5, 0.6) is 0 Å². The van der Waals surface area contributed by atoms with Gasteiger partial charge in [0.05, 0.1) is 6.42 Å². The molecule has 0 aromatic heterocycles. The summed E-state index contributed by atoms with van der Waals surface area (Å²) >= 11 is 0. The van der Waals surface area contributed by atoms with E-state index in [0.717, 1.165) is 33.5 Å². The van der Waals surface area contributed by atoms with Crippen LogP contribution in [0.25, 0.3) is 12.2 Å². The first-order valence-electron chi connectivity index (χ1n) is 11.4. The molecule has 174 valence electrons. The highest BCUT2D eigenvalue weighted by Crippen LogP contribution is 2.27. The monoisotopic (exact) mass is 455 g/mol. The molecule has 3 aromatic rings. The predicted octanol–water partition coefficient (Wildman–Crippen LogP) is 4.16. The van der Waals surface area contributed by atoms with Gasteiger partial charge in [0.15, 0.2) is 0 Å². The number of nitrogens with zero attached hydrogens (tertiary/aromatic N) is 1. The molecule has 3 aromatic carbocycles. The molecule has 1 aliphatic heterocycles. The maximum absolute atomic E-state index is 13.2. The van der Waals surface area contributed by atoms with E-state index < -0.39 is 12.0 Å². The van der Waals surface area contributed by atoms with Crippen LogP contribution in [0.2, 0.25) is 0 Å². The molecule has 1 unspecified atom stereocenters. The van der Waals surface area contributed by atoms with E-state index in [4.69, 9.17) is 5.73 Å². The third-order valence-electron chi connectivity index (χ3n) is 6.01. The van der Waals surface area contributed by atoms with Gasteiger partial charge in [-0.25, -0.2) is 0 Å². The Morgan fingerprint density at radius 1 is 1.00 bits per heavy atom. The molecule has 6 nitrogen and oxygen atoms in total. The largest absolute Gasteiger partial charge is 0.481 e. The first-order valence-corrected chi connectivity index (χ1v) is 11.4. The molecule has 1 atom stereocenters. The summed E-state index contributed by atoms with van der Waals surface area (Å²) in [5.41, 5.74) is 11.7. The van der Waals surface area contributed by atoms with Gasteiger partial charge in [0.25, 0.3) is 0 Å². The number of aliphatic carboxylic acids is 1. The van der Waals surface area contributed by atoms with Gasteiger partial charge in [-0.15, -0.1) is 0 Å². The summed E-state index contributed by atoms with van der Waals surface area (Å²) in [4.78, 5) is 26.4. The van der Waals surface area contributed by atoms with Gasteiger partial charge >= 0.3 is 5.97 Å². The second kappa shape index (κ2) is 10.8. The Labute approximate surface area is 199 Å². The van der Waals surface area contributed by atoms with E-state index in [9.17, 15) is 14.7 Å². The van der Waals surface area contributed by atoms with E-state index in [-0.39, 0.29) is 12.3 Å². The van der Waals surface area contributed by atoms with Gasteiger partial charge in [0, 0.05) is 25.3 Å². The summed E-state index contributed by atoms with van der Waals surface area (Å²) in [5, 5.41) is 12.6. The Kier molecular flexibility index (Phi) is 7.40. The SMILES string of the molecule is NCc1ccc(/C=C\c2ccc3c(c2)NC(CC(=O)O)C(=O)N(CCc2ccccc2)C3)cc1. The van der Waals surface area contributed by atoms with Crippen LogP contribution in [0.1, 0.15) is 34.2 Å². The van der Waals surface area contributed by atoms with Crippen molar-refractivity contribution in [3.05, 3.63) is 101 Å². The lowest BCUT2D eigenvalue weighted by molar-refractivity contribution is -0.141.